The van der Waals surface area contributed by atoms with E-state index in [-0.39, 0.29) is 17.5 Å². The van der Waals surface area contributed by atoms with Crippen LogP contribution in [0.3, 0.4) is 0 Å². The number of benzene rings is 1. The Bertz CT molecular complexity index is 570. The maximum absolute atomic E-state index is 12.1. The highest BCUT2D eigenvalue weighted by Gasteiger charge is 2.27. The standard InChI is InChI=1S/C11H16N2O5S/c1-8-5-4-6-10(13(14)15)11(8)19(16,17)12-7-9(2)18-3/h4-6,9,12H,7H2,1-3H3. The molecule has 0 amide bonds. The number of aryl methyl sites for hydroxylation is 1. The average Bonchev–Trinajstić information content (AvgIpc) is 2.35. The predicted octanol–water partition coefficient (Wildman–Crippen LogP) is 1.22. The molecular weight excluding hydrogens is 272 g/mol. The average molecular weight is 288 g/mol. The molecule has 0 saturated heterocycles. The first-order valence-corrected chi connectivity index (χ1v) is 7.04. The Labute approximate surface area is 111 Å². The first-order chi connectivity index (χ1) is 8.79. The Kier molecular flexibility index (Phi) is 4.98. The van der Waals surface area contributed by atoms with Crippen molar-refractivity contribution in [3.05, 3.63) is 33.9 Å². The Morgan fingerprint density at radius 1 is 1.47 bits per heavy atom. The number of hydrogen-bond acceptors (Lipinski definition) is 5. The molecule has 1 atom stereocenters. The molecule has 0 aliphatic heterocycles. The molecule has 1 rings (SSSR count). The maximum Gasteiger partial charge on any atom is 0.289 e. The lowest BCUT2D eigenvalue weighted by molar-refractivity contribution is -0.387. The van der Waals surface area contributed by atoms with Gasteiger partial charge in [-0.05, 0) is 19.4 Å². The molecule has 8 heteroatoms. The van der Waals surface area contributed by atoms with Gasteiger partial charge in [0.2, 0.25) is 10.0 Å². The third-order valence-corrected chi connectivity index (χ3v) is 4.23. The summed E-state index contributed by atoms with van der Waals surface area (Å²) in [5.41, 5.74) is -0.107. The molecule has 19 heavy (non-hydrogen) atoms. The number of hydrogen-bond donors (Lipinski definition) is 1. The quantitative estimate of drug-likeness (QED) is 0.626. The summed E-state index contributed by atoms with van der Waals surface area (Å²) in [6.45, 7) is 3.25. The number of nitrogens with one attached hydrogen (secondary N) is 1. The first kappa shape index (κ1) is 15.5. The van der Waals surface area contributed by atoms with Crippen LogP contribution in [0.4, 0.5) is 5.69 Å². The van der Waals surface area contributed by atoms with Gasteiger partial charge in [0.05, 0.1) is 11.0 Å². The number of nitrogens with zero attached hydrogens (tertiary/aromatic N) is 1. The fraction of sp³-hybridized carbons (Fsp3) is 0.455. The van der Waals surface area contributed by atoms with Crippen LogP contribution in [0, 0.1) is 17.0 Å². The minimum Gasteiger partial charge on any atom is -0.380 e. The molecule has 1 unspecified atom stereocenters. The minimum atomic E-state index is -3.94. The van der Waals surface area contributed by atoms with Gasteiger partial charge >= 0.3 is 0 Å². The van der Waals surface area contributed by atoms with Crippen molar-refractivity contribution in [3.63, 3.8) is 0 Å². The lowest BCUT2D eigenvalue weighted by atomic mass is 10.2. The van der Waals surface area contributed by atoms with Crippen molar-refractivity contribution in [2.75, 3.05) is 13.7 Å². The molecule has 0 aliphatic carbocycles. The van der Waals surface area contributed by atoms with Crippen molar-refractivity contribution in [2.24, 2.45) is 0 Å². The van der Waals surface area contributed by atoms with Gasteiger partial charge < -0.3 is 4.74 Å². The van der Waals surface area contributed by atoms with Gasteiger partial charge in [-0.3, -0.25) is 10.1 Å². The van der Waals surface area contributed by atoms with Crippen molar-refractivity contribution in [2.45, 2.75) is 24.8 Å². The highest BCUT2D eigenvalue weighted by Crippen LogP contribution is 2.26. The zero-order valence-corrected chi connectivity index (χ0v) is 11.7. The fourth-order valence-corrected chi connectivity index (χ4v) is 3.02. The van der Waals surface area contributed by atoms with Crippen LogP contribution < -0.4 is 4.72 Å². The molecule has 1 aromatic carbocycles. The van der Waals surface area contributed by atoms with Crippen molar-refractivity contribution in [1.29, 1.82) is 0 Å². The smallest absolute Gasteiger partial charge is 0.289 e. The van der Waals surface area contributed by atoms with Gasteiger partial charge in [-0.1, -0.05) is 12.1 Å². The molecule has 0 spiro atoms. The molecule has 7 nitrogen and oxygen atoms in total. The van der Waals surface area contributed by atoms with Crippen molar-refractivity contribution in [3.8, 4) is 0 Å². The lowest BCUT2D eigenvalue weighted by Crippen LogP contribution is -2.32. The molecule has 0 aliphatic rings. The highest BCUT2D eigenvalue weighted by molar-refractivity contribution is 7.89. The normalized spacial score (nSPS) is 13.2. The summed E-state index contributed by atoms with van der Waals surface area (Å²) < 4.78 is 31.5. The zero-order chi connectivity index (χ0) is 14.6. The van der Waals surface area contributed by atoms with E-state index in [1.165, 1.54) is 32.2 Å². The van der Waals surface area contributed by atoms with E-state index >= 15 is 0 Å². The number of rotatable bonds is 6. The van der Waals surface area contributed by atoms with Gasteiger partial charge in [0, 0.05) is 19.7 Å². The van der Waals surface area contributed by atoms with Crippen LogP contribution in [0.25, 0.3) is 0 Å². The number of methoxy groups -OCH3 is 1. The molecule has 0 aromatic heterocycles. The van der Waals surface area contributed by atoms with Crippen LogP contribution in [-0.4, -0.2) is 33.1 Å². The zero-order valence-electron chi connectivity index (χ0n) is 10.9. The van der Waals surface area contributed by atoms with Gasteiger partial charge in [0.25, 0.3) is 5.69 Å². The molecular formula is C11H16N2O5S. The topological polar surface area (TPSA) is 98.5 Å². The van der Waals surface area contributed by atoms with Crippen molar-refractivity contribution < 1.29 is 18.1 Å². The Morgan fingerprint density at radius 2 is 2.11 bits per heavy atom. The largest absolute Gasteiger partial charge is 0.380 e. The van der Waals surface area contributed by atoms with Gasteiger partial charge in [0.15, 0.2) is 4.90 Å². The summed E-state index contributed by atoms with van der Waals surface area (Å²) in [5.74, 6) is 0. The number of sulfonamides is 1. The first-order valence-electron chi connectivity index (χ1n) is 5.56. The van der Waals surface area contributed by atoms with Crippen LogP contribution in [0.1, 0.15) is 12.5 Å². The molecule has 106 valence electrons. The second-order valence-electron chi connectivity index (χ2n) is 4.08. The molecule has 1 aromatic rings. The predicted molar refractivity (Wildman–Crippen MR) is 69.5 cm³/mol. The van der Waals surface area contributed by atoms with Gasteiger partial charge in [-0.2, -0.15) is 0 Å². The van der Waals surface area contributed by atoms with Gasteiger partial charge in [-0.25, -0.2) is 13.1 Å². The minimum absolute atomic E-state index is 0.0460. The van der Waals surface area contributed by atoms with E-state index in [2.05, 4.69) is 4.72 Å². The summed E-state index contributed by atoms with van der Waals surface area (Å²) >= 11 is 0. The molecule has 1 N–H and O–H groups in total. The van der Waals surface area contributed by atoms with Crippen LogP contribution in [0.2, 0.25) is 0 Å². The van der Waals surface area contributed by atoms with Crippen LogP contribution >= 0.6 is 0 Å². The Balaban J connectivity index is 3.17. The SMILES string of the molecule is COC(C)CNS(=O)(=O)c1c(C)cccc1[N+](=O)[O-]. The van der Waals surface area contributed by atoms with Gasteiger partial charge in [-0.15, -0.1) is 0 Å². The van der Waals surface area contributed by atoms with Crippen LogP contribution in [0.5, 0.6) is 0 Å². The molecule has 0 saturated carbocycles. The van der Waals surface area contributed by atoms with Gasteiger partial charge in [0.1, 0.15) is 0 Å². The second-order valence-corrected chi connectivity index (χ2v) is 5.78. The van der Waals surface area contributed by atoms with Crippen LogP contribution in [-0.2, 0) is 14.8 Å². The Morgan fingerprint density at radius 3 is 2.63 bits per heavy atom. The monoisotopic (exact) mass is 288 g/mol. The number of nitro benzene ring substituents is 1. The number of ether oxygens (including phenoxy) is 1. The summed E-state index contributed by atoms with van der Waals surface area (Å²) in [7, 11) is -2.49. The molecule has 0 bridgehead atoms. The summed E-state index contributed by atoms with van der Waals surface area (Å²) in [6.07, 6.45) is -0.321. The van der Waals surface area contributed by atoms with Crippen molar-refractivity contribution in [1.82, 2.24) is 4.72 Å². The van der Waals surface area contributed by atoms with Crippen LogP contribution in [0.15, 0.2) is 23.1 Å². The lowest BCUT2D eigenvalue weighted by Gasteiger charge is -2.12. The summed E-state index contributed by atoms with van der Waals surface area (Å²) in [5, 5.41) is 10.9. The van der Waals surface area contributed by atoms with E-state index in [9.17, 15) is 18.5 Å². The summed E-state index contributed by atoms with van der Waals surface area (Å²) in [4.78, 5) is 9.89. The molecule has 0 heterocycles. The molecule has 0 radical (unpaired) electrons. The van der Waals surface area contributed by atoms with Crippen molar-refractivity contribution >= 4 is 15.7 Å². The third kappa shape index (κ3) is 3.72. The highest BCUT2D eigenvalue weighted by atomic mass is 32.2. The van der Waals surface area contributed by atoms with E-state index in [0.29, 0.717) is 5.56 Å². The summed E-state index contributed by atoms with van der Waals surface area (Å²) in [6, 6.07) is 4.13. The van der Waals surface area contributed by atoms with E-state index in [1.807, 2.05) is 0 Å². The second kappa shape index (κ2) is 6.09. The Hall–Kier alpha value is -1.51. The van der Waals surface area contributed by atoms with E-state index in [0.717, 1.165) is 0 Å². The van der Waals surface area contributed by atoms with E-state index < -0.39 is 20.6 Å². The molecule has 0 fully saturated rings. The number of nitro groups is 1. The van der Waals surface area contributed by atoms with E-state index in [4.69, 9.17) is 4.74 Å². The third-order valence-electron chi connectivity index (χ3n) is 2.62. The van der Waals surface area contributed by atoms with E-state index in [1.54, 1.807) is 6.92 Å². The maximum atomic E-state index is 12.1. The fourth-order valence-electron chi connectivity index (χ4n) is 1.51.